The zero-order valence-corrected chi connectivity index (χ0v) is 16.0. The maximum absolute atomic E-state index is 13.0. The normalized spacial score (nSPS) is 11.8. The highest BCUT2D eigenvalue weighted by molar-refractivity contribution is 7.16. The van der Waals surface area contributed by atoms with E-state index in [0.29, 0.717) is 17.1 Å². The van der Waals surface area contributed by atoms with E-state index >= 15 is 0 Å². The van der Waals surface area contributed by atoms with Crippen LogP contribution < -0.4 is 10.2 Å². The Morgan fingerprint density at radius 2 is 1.92 bits per heavy atom. The first-order valence-corrected chi connectivity index (χ1v) is 9.40. The molecule has 140 valence electrons. The Kier molecular flexibility index (Phi) is 7.29. The van der Waals surface area contributed by atoms with Gasteiger partial charge < -0.3 is 15.0 Å². The number of thiophene rings is 1. The van der Waals surface area contributed by atoms with Crippen molar-refractivity contribution in [3.05, 3.63) is 52.2 Å². The van der Waals surface area contributed by atoms with Crippen LogP contribution in [0.4, 0.5) is 9.39 Å². The Morgan fingerprint density at radius 3 is 2.54 bits per heavy atom. The molecule has 0 bridgehead atoms. The molecule has 2 rings (SSSR count). The van der Waals surface area contributed by atoms with E-state index in [9.17, 15) is 14.0 Å². The molecule has 1 unspecified atom stereocenters. The Bertz CT molecular complexity index is 759. The molecular weight excluding hydrogens is 355 g/mol. The lowest BCUT2D eigenvalue weighted by molar-refractivity contribution is -0.885. The van der Waals surface area contributed by atoms with Crippen molar-refractivity contribution in [3.8, 4) is 0 Å². The fraction of sp³-hybridized carbons (Fsp3) is 0.368. The molecule has 0 spiro atoms. The van der Waals surface area contributed by atoms with Gasteiger partial charge in [-0.15, -0.1) is 11.3 Å². The summed E-state index contributed by atoms with van der Waals surface area (Å²) in [6.45, 7) is 4.86. The van der Waals surface area contributed by atoms with Crippen molar-refractivity contribution in [1.82, 2.24) is 0 Å². The third-order valence-electron chi connectivity index (χ3n) is 3.76. The molecule has 5 nitrogen and oxygen atoms in total. The zero-order valence-electron chi connectivity index (χ0n) is 15.2. The number of hydrogen-bond donors (Lipinski definition) is 2. The molecule has 26 heavy (non-hydrogen) atoms. The Labute approximate surface area is 156 Å². The maximum atomic E-state index is 13.0. The van der Waals surface area contributed by atoms with Crippen molar-refractivity contribution in [2.45, 2.75) is 26.8 Å². The summed E-state index contributed by atoms with van der Waals surface area (Å²) in [5, 5.41) is 3.36. The van der Waals surface area contributed by atoms with Crippen LogP contribution in [0.5, 0.6) is 0 Å². The first-order chi connectivity index (χ1) is 12.4. The predicted molar refractivity (Wildman–Crippen MR) is 100 cm³/mol. The summed E-state index contributed by atoms with van der Waals surface area (Å²) in [4.78, 5) is 26.4. The number of anilines is 1. The van der Waals surface area contributed by atoms with E-state index in [0.717, 1.165) is 21.8 Å². The molecule has 1 aromatic carbocycles. The topological polar surface area (TPSA) is 59.8 Å². The SMILES string of the molecule is CCOC(=O)c1cc(CC)sc1NC(=O)C[NH+](C)Cc1ccc(F)cc1. The van der Waals surface area contributed by atoms with Crippen LogP contribution in [0.3, 0.4) is 0 Å². The van der Waals surface area contributed by atoms with Crippen molar-refractivity contribution in [2.75, 3.05) is 25.5 Å². The Hall–Kier alpha value is -2.25. The summed E-state index contributed by atoms with van der Waals surface area (Å²) in [5.74, 6) is -0.884. The molecule has 0 aliphatic carbocycles. The van der Waals surface area contributed by atoms with Gasteiger partial charge in [-0.1, -0.05) is 19.1 Å². The van der Waals surface area contributed by atoms with E-state index in [4.69, 9.17) is 4.74 Å². The number of nitrogens with one attached hydrogen (secondary N) is 2. The number of amides is 1. The van der Waals surface area contributed by atoms with Gasteiger partial charge in [0.05, 0.1) is 19.2 Å². The number of hydrogen-bond acceptors (Lipinski definition) is 4. The quantitative estimate of drug-likeness (QED) is 0.692. The summed E-state index contributed by atoms with van der Waals surface area (Å²) in [7, 11) is 1.89. The van der Waals surface area contributed by atoms with E-state index in [1.165, 1.54) is 23.5 Å². The van der Waals surface area contributed by atoms with Gasteiger partial charge in [-0.3, -0.25) is 4.79 Å². The minimum Gasteiger partial charge on any atom is -0.462 e. The maximum Gasteiger partial charge on any atom is 0.341 e. The van der Waals surface area contributed by atoms with Crippen molar-refractivity contribution >= 4 is 28.2 Å². The zero-order chi connectivity index (χ0) is 19.1. The molecule has 1 atom stereocenters. The molecule has 1 aromatic heterocycles. The summed E-state index contributed by atoms with van der Waals surface area (Å²) in [6, 6.07) is 8.01. The summed E-state index contributed by atoms with van der Waals surface area (Å²) in [5.41, 5.74) is 1.35. The largest absolute Gasteiger partial charge is 0.462 e. The van der Waals surface area contributed by atoms with E-state index in [1.807, 2.05) is 14.0 Å². The van der Waals surface area contributed by atoms with E-state index in [-0.39, 0.29) is 24.9 Å². The van der Waals surface area contributed by atoms with E-state index in [2.05, 4.69) is 5.32 Å². The molecular formula is C19H24FN2O3S+. The van der Waals surface area contributed by atoms with Crippen LogP contribution in [-0.2, 0) is 22.5 Å². The van der Waals surface area contributed by atoms with Crippen LogP contribution in [0.1, 0.15) is 34.6 Å². The second-order valence-corrected chi connectivity index (χ2v) is 7.15. The third-order valence-corrected chi connectivity index (χ3v) is 4.96. The van der Waals surface area contributed by atoms with Crippen molar-refractivity contribution in [2.24, 2.45) is 0 Å². The lowest BCUT2D eigenvalue weighted by Crippen LogP contribution is -3.08. The van der Waals surface area contributed by atoms with Gasteiger partial charge in [0, 0.05) is 10.4 Å². The molecule has 2 N–H and O–H groups in total. The first kappa shape index (κ1) is 20.1. The van der Waals surface area contributed by atoms with Crippen LogP contribution >= 0.6 is 11.3 Å². The molecule has 0 fully saturated rings. The molecule has 1 amide bonds. The average molecular weight is 379 g/mol. The number of carbonyl (C=O) groups excluding carboxylic acids is 2. The van der Waals surface area contributed by atoms with Gasteiger partial charge in [0.25, 0.3) is 5.91 Å². The van der Waals surface area contributed by atoms with Crippen molar-refractivity contribution < 1.29 is 23.6 Å². The molecule has 0 aliphatic heterocycles. The number of quaternary nitrogens is 1. The van der Waals surface area contributed by atoms with Crippen molar-refractivity contribution in [3.63, 3.8) is 0 Å². The monoisotopic (exact) mass is 379 g/mol. The van der Waals surface area contributed by atoms with Gasteiger partial charge in [-0.05, 0) is 31.5 Å². The van der Waals surface area contributed by atoms with Crippen LogP contribution in [-0.4, -0.2) is 32.1 Å². The summed E-state index contributed by atoms with van der Waals surface area (Å²) < 4.78 is 18.0. The minimum absolute atomic E-state index is 0.181. The minimum atomic E-state index is -0.425. The molecule has 0 aliphatic rings. The second-order valence-electron chi connectivity index (χ2n) is 6.01. The number of halogens is 1. The second kappa shape index (κ2) is 9.45. The highest BCUT2D eigenvalue weighted by atomic mass is 32.1. The molecule has 1 heterocycles. The fourth-order valence-corrected chi connectivity index (χ4v) is 3.53. The molecule has 0 saturated heterocycles. The first-order valence-electron chi connectivity index (χ1n) is 8.58. The average Bonchev–Trinajstić information content (AvgIpc) is 3.00. The molecule has 0 radical (unpaired) electrons. The number of rotatable bonds is 8. The summed E-state index contributed by atoms with van der Waals surface area (Å²) in [6.07, 6.45) is 0.780. The Balaban J connectivity index is 1.99. The highest BCUT2D eigenvalue weighted by Crippen LogP contribution is 2.29. The van der Waals surface area contributed by atoms with E-state index < -0.39 is 5.97 Å². The van der Waals surface area contributed by atoms with E-state index in [1.54, 1.807) is 25.1 Å². The molecule has 7 heteroatoms. The van der Waals surface area contributed by atoms with Gasteiger partial charge in [0.2, 0.25) is 0 Å². The van der Waals surface area contributed by atoms with Crippen LogP contribution in [0.2, 0.25) is 0 Å². The van der Waals surface area contributed by atoms with Gasteiger partial charge in [0.1, 0.15) is 17.4 Å². The van der Waals surface area contributed by atoms with Crippen molar-refractivity contribution in [1.29, 1.82) is 0 Å². The lowest BCUT2D eigenvalue weighted by atomic mass is 10.2. The lowest BCUT2D eigenvalue weighted by Gasteiger charge is -2.14. The fourth-order valence-electron chi connectivity index (χ4n) is 2.53. The number of aryl methyl sites for hydroxylation is 1. The highest BCUT2D eigenvalue weighted by Gasteiger charge is 2.20. The van der Waals surface area contributed by atoms with Crippen LogP contribution in [0.15, 0.2) is 30.3 Å². The number of likely N-dealkylation sites (N-methyl/N-ethyl adjacent to an activating group) is 1. The standard InChI is InChI=1S/C19H23FN2O3S/c1-4-15-10-16(19(24)25-5-2)18(26-15)21-17(23)12-22(3)11-13-6-8-14(20)9-7-13/h6-10H,4-5,11-12H2,1-3H3,(H,21,23)/p+1. The molecule has 2 aromatic rings. The summed E-state index contributed by atoms with van der Waals surface area (Å²) >= 11 is 1.39. The molecule has 0 saturated carbocycles. The van der Waals surface area contributed by atoms with Gasteiger partial charge in [-0.25, -0.2) is 9.18 Å². The number of carbonyl (C=O) groups is 2. The number of ether oxygens (including phenoxy) is 1. The van der Waals surface area contributed by atoms with Crippen LogP contribution in [0, 0.1) is 5.82 Å². The number of benzene rings is 1. The van der Waals surface area contributed by atoms with Gasteiger partial charge >= 0.3 is 5.97 Å². The van der Waals surface area contributed by atoms with Gasteiger partial charge in [0.15, 0.2) is 6.54 Å². The smallest absolute Gasteiger partial charge is 0.341 e. The third kappa shape index (κ3) is 5.64. The Morgan fingerprint density at radius 1 is 1.23 bits per heavy atom. The van der Waals surface area contributed by atoms with Crippen LogP contribution in [0.25, 0.3) is 0 Å². The predicted octanol–water partition coefficient (Wildman–Crippen LogP) is 2.28. The number of esters is 1. The van der Waals surface area contributed by atoms with Gasteiger partial charge in [-0.2, -0.15) is 0 Å².